The zero-order valence-electron chi connectivity index (χ0n) is 18.8. The Labute approximate surface area is 201 Å². The molecular formula is C26H32BrN3O2. The molecule has 0 radical (unpaired) electrons. The van der Waals surface area contributed by atoms with Crippen LogP contribution in [-0.4, -0.2) is 24.2 Å². The lowest BCUT2D eigenvalue weighted by Gasteiger charge is -2.37. The molecule has 1 amide bonds. The number of nitrogens with zero attached hydrogens (tertiary/aromatic N) is 2. The number of hydrogen-bond acceptors (Lipinski definition) is 2. The molecular weight excluding hydrogens is 466 g/mol. The number of primary amides is 1. The van der Waals surface area contributed by atoms with Crippen molar-refractivity contribution in [2.45, 2.75) is 44.2 Å². The van der Waals surface area contributed by atoms with Crippen molar-refractivity contribution in [3.8, 4) is 0 Å². The fourth-order valence-electron chi connectivity index (χ4n) is 5.46. The maximum atomic E-state index is 13.2. The van der Waals surface area contributed by atoms with Gasteiger partial charge in [0.1, 0.15) is 30.4 Å². The Morgan fingerprint density at radius 2 is 1.69 bits per heavy atom. The van der Waals surface area contributed by atoms with Gasteiger partial charge in [-0.3, -0.25) is 4.79 Å². The number of benzene rings is 2. The third-order valence-electron chi connectivity index (χ3n) is 6.99. The monoisotopic (exact) mass is 497 g/mol. The van der Waals surface area contributed by atoms with Gasteiger partial charge in [0, 0.05) is 14.0 Å². The molecule has 0 aliphatic heterocycles. The van der Waals surface area contributed by atoms with Gasteiger partial charge in [-0.2, -0.15) is 0 Å². The molecule has 0 unspecified atom stereocenters. The van der Waals surface area contributed by atoms with Crippen LogP contribution in [0, 0.1) is 12.8 Å². The van der Waals surface area contributed by atoms with Gasteiger partial charge >= 0.3 is 0 Å². The molecule has 4 rings (SSSR count). The number of nitrogens with two attached hydrogens (primary N) is 1. The Morgan fingerprint density at radius 3 is 2.22 bits per heavy atom. The molecule has 170 valence electrons. The summed E-state index contributed by atoms with van der Waals surface area (Å²) < 4.78 is 9.83. The summed E-state index contributed by atoms with van der Waals surface area (Å²) in [6, 6.07) is 20.5. The highest BCUT2D eigenvalue weighted by molar-refractivity contribution is 5.91. The number of halogens is 1. The van der Waals surface area contributed by atoms with Gasteiger partial charge in [-0.15, -0.1) is 0 Å². The van der Waals surface area contributed by atoms with Gasteiger partial charge in [-0.05, 0) is 36.3 Å². The first-order chi connectivity index (χ1) is 15.1. The number of aromatic nitrogens is 2. The molecule has 1 aliphatic carbocycles. The van der Waals surface area contributed by atoms with Crippen LogP contribution < -0.4 is 27.3 Å². The van der Waals surface area contributed by atoms with E-state index < -0.39 is 5.41 Å². The van der Waals surface area contributed by atoms with Crippen LogP contribution in [0.3, 0.4) is 0 Å². The molecule has 2 aromatic carbocycles. The van der Waals surface area contributed by atoms with Crippen LogP contribution in [0.2, 0.25) is 0 Å². The van der Waals surface area contributed by atoms with E-state index in [2.05, 4.69) is 28.5 Å². The first kappa shape index (κ1) is 24.2. The lowest BCUT2D eigenvalue weighted by molar-refractivity contribution is -0.727. The predicted molar refractivity (Wildman–Crippen MR) is 120 cm³/mol. The summed E-state index contributed by atoms with van der Waals surface area (Å²) >= 11 is 0. The van der Waals surface area contributed by atoms with Crippen LogP contribution in [0.5, 0.6) is 0 Å². The van der Waals surface area contributed by atoms with Gasteiger partial charge in [-0.1, -0.05) is 60.7 Å². The summed E-state index contributed by atoms with van der Waals surface area (Å²) in [6.07, 6.45) is 7.17. The van der Waals surface area contributed by atoms with E-state index in [0.717, 1.165) is 36.9 Å². The molecule has 1 aliphatic rings. The van der Waals surface area contributed by atoms with Crippen LogP contribution in [0.15, 0.2) is 73.1 Å². The molecule has 1 saturated carbocycles. The minimum absolute atomic E-state index is 0. The third kappa shape index (κ3) is 4.26. The third-order valence-corrected chi connectivity index (χ3v) is 6.99. The smallest absolute Gasteiger partial charge is 0.253 e. The van der Waals surface area contributed by atoms with E-state index >= 15 is 0 Å². The van der Waals surface area contributed by atoms with Gasteiger partial charge in [0.25, 0.3) is 5.82 Å². The summed E-state index contributed by atoms with van der Waals surface area (Å²) in [5, 5.41) is 0. The molecule has 0 bridgehead atoms. The van der Waals surface area contributed by atoms with Gasteiger partial charge in [-0.25, -0.2) is 9.13 Å². The summed E-state index contributed by atoms with van der Waals surface area (Å²) in [4.78, 5) is 13.2. The van der Waals surface area contributed by atoms with Gasteiger partial charge in [0.2, 0.25) is 5.91 Å². The molecule has 1 heterocycles. The largest absolute Gasteiger partial charge is 1.00 e. The average molecular weight is 498 g/mol. The number of hydrogen-bond donors (Lipinski definition) is 1. The second-order valence-corrected chi connectivity index (χ2v) is 8.51. The van der Waals surface area contributed by atoms with E-state index in [-0.39, 0.29) is 28.8 Å². The van der Waals surface area contributed by atoms with Crippen molar-refractivity contribution in [1.29, 1.82) is 0 Å². The Balaban J connectivity index is 0.00000289. The van der Waals surface area contributed by atoms with Crippen molar-refractivity contribution >= 4 is 5.91 Å². The second kappa shape index (κ2) is 10.5. The lowest BCUT2D eigenvalue weighted by atomic mass is 9.64. The molecule has 32 heavy (non-hydrogen) atoms. The zero-order valence-corrected chi connectivity index (χ0v) is 20.4. The summed E-state index contributed by atoms with van der Waals surface area (Å²) in [6.45, 7) is 3.68. The summed E-state index contributed by atoms with van der Waals surface area (Å²) in [5.74, 6) is 1.08. The number of ether oxygens (including phenoxy) is 1. The highest BCUT2D eigenvalue weighted by atomic mass is 79.9. The molecule has 2 atom stereocenters. The maximum Gasteiger partial charge on any atom is 0.253 e. The molecule has 2 N–H and O–H groups in total. The van der Waals surface area contributed by atoms with Crippen LogP contribution in [0.25, 0.3) is 0 Å². The minimum Gasteiger partial charge on any atom is -1.00 e. The molecule has 0 saturated heterocycles. The molecule has 6 heteroatoms. The first-order valence-electron chi connectivity index (χ1n) is 11.1. The van der Waals surface area contributed by atoms with Crippen LogP contribution in [0.1, 0.15) is 42.3 Å². The number of amides is 1. The highest BCUT2D eigenvalue weighted by Gasteiger charge is 2.51. The lowest BCUT2D eigenvalue weighted by Crippen LogP contribution is -3.00. The van der Waals surface area contributed by atoms with Crippen molar-refractivity contribution in [3.63, 3.8) is 0 Å². The Bertz CT molecular complexity index is 981. The SMILES string of the molecule is COCCn1cc[n+]([C@@H]2CC[C@H](C(C(N)=O)(c3ccccc3)c3ccccc3)C2)c1C.[Br-]. The van der Waals surface area contributed by atoms with Crippen molar-refractivity contribution < 1.29 is 31.1 Å². The Hall–Kier alpha value is -2.44. The van der Waals surface area contributed by atoms with E-state index in [4.69, 9.17) is 10.5 Å². The molecule has 3 aromatic rings. The standard InChI is InChI=1S/C26H31N3O2.BrH/c1-20-28(17-18-31-2)15-16-29(20)24-14-13-23(19-24)26(25(27)30,21-9-5-3-6-10-21)22-11-7-4-8-12-22;/h3-12,15-16,23-24H,13-14,17-19H2,1-2H3,(H-,27,30);1H/t23-,24+;/m0./s1. The second-order valence-electron chi connectivity index (χ2n) is 8.51. The van der Waals surface area contributed by atoms with Gasteiger partial charge < -0.3 is 27.5 Å². The molecule has 5 nitrogen and oxygen atoms in total. The van der Waals surface area contributed by atoms with E-state index in [9.17, 15) is 4.79 Å². The topological polar surface area (TPSA) is 61.1 Å². The van der Waals surface area contributed by atoms with Crippen molar-refractivity contribution in [2.24, 2.45) is 11.7 Å². The molecule has 1 fully saturated rings. The quantitative estimate of drug-likeness (QED) is 0.462. The van der Waals surface area contributed by atoms with E-state index in [1.165, 1.54) is 5.82 Å². The average Bonchev–Trinajstić information content (AvgIpc) is 3.41. The van der Waals surface area contributed by atoms with Crippen LogP contribution >= 0.6 is 0 Å². The minimum atomic E-state index is -0.829. The number of imidazole rings is 1. The summed E-state index contributed by atoms with van der Waals surface area (Å²) in [5.41, 5.74) is 7.37. The number of rotatable bonds is 8. The number of carbonyl (C=O) groups is 1. The maximum absolute atomic E-state index is 13.2. The normalized spacial score (nSPS) is 18.3. The van der Waals surface area contributed by atoms with Crippen LogP contribution in [-0.2, 0) is 21.5 Å². The van der Waals surface area contributed by atoms with E-state index in [1.54, 1.807) is 7.11 Å². The zero-order chi connectivity index (χ0) is 21.8. The van der Waals surface area contributed by atoms with Crippen molar-refractivity contribution in [2.75, 3.05) is 13.7 Å². The van der Waals surface area contributed by atoms with E-state index in [0.29, 0.717) is 12.6 Å². The molecule has 1 aromatic heterocycles. The van der Waals surface area contributed by atoms with Crippen LogP contribution in [0.4, 0.5) is 0 Å². The number of carbonyl (C=O) groups excluding carboxylic acids is 1. The Morgan fingerprint density at radius 1 is 1.09 bits per heavy atom. The van der Waals surface area contributed by atoms with Gasteiger partial charge in [0.05, 0.1) is 6.61 Å². The highest BCUT2D eigenvalue weighted by Crippen LogP contribution is 2.48. The predicted octanol–water partition coefficient (Wildman–Crippen LogP) is 0.547. The molecule has 0 spiro atoms. The van der Waals surface area contributed by atoms with E-state index in [1.807, 2.05) is 60.7 Å². The fraction of sp³-hybridized carbons (Fsp3) is 0.385. The van der Waals surface area contributed by atoms with Crippen molar-refractivity contribution in [1.82, 2.24) is 4.57 Å². The first-order valence-corrected chi connectivity index (χ1v) is 11.1. The van der Waals surface area contributed by atoms with Gasteiger partial charge in [0.15, 0.2) is 0 Å². The van der Waals surface area contributed by atoms with Crippen molar-refractivity contribution in [3.05, 3.63) is 90.0 Å². The number of methoxy groups -OCH3 is 1. The fourth-order valence-corrected chi connectivity index (χ4v) is 5.46. The Kier molecular flexibility index (Phi) is 7.91. The summed E-state index contributed by atoms with van der Waals surface area (Å²) in [7, 11) is 1.73.